The van der Waals surface area contributed by atoms with Gasteiger partial charge in [-0.25, -0.2) is 27.5 Å². The highest BCUT2D eigenvalue weighted by molar-refractivity contribution is 7.84. The predicted molar refractivity (Wildman–Crippen MR) is 182 cm³/mol. The lowest BCUT2D eigenvalue weighted by Crippen LogP contribution is -2.42. The number of carbonyl (C=O) groups excluding carboxylic acids is 2. The zero-order valence-electron chi connectivity index (χ0n) is 29.6. The maximum atomic E-state index is 12.0. The Morgan fingerprint density at radius 2 is 0.818 bits per heavy atom. The van der Waals surface area contributed by atoms with Gasteiger partial charge in [0, 0.05) is 25.2 Å². The van der Waals surface area contributed by atoms with Crippen LogP contribution in [0.5, 0.6) is 0 Å². The molecular weight excluding hydrogens is 601 g/mol. The molecule has 2 amide bonds. The fourth-order valence-corrected chi connectivity index (χ4v) is 6.43. The van der Waals surface area contributed by atoms with E-state index >= 15 is 0 Å². The van der Waals surface area contributed by atoms with Crippen LogP contribution in [0.3, 0.4) is 0 Å². The first-order valence-electron chi connectivity index (χ1n) is 16.2. The molecule has 0 aromatic heterocycles. The molecule has 2 fully saturated rings. The van der Waals surface area contributed by atoms with E-state index in [1.165, 1.54) is 0 Å². The molecule has 44 heavy (non-hydrogen) atoms. The zero-order valence-corrected chi connectivity index (χ0v) is 31.3. The molecule has 260 valence electrons. The second-order valence-corrected chi connectivity index (χ2v) is 20.3. The lowest BCUT2D eigenvalue weighted by Gasteiger charge is -2.30. The van der Waals surface area contributed by atoms with Gasteiger partial charge in [0.05, 0.1) is 31.5 Å². The van der Waals surface area contributed by atoms with Gasteiger partial charge in [-0.05, 0) is 146 Å². The van der Waals surface area contributed by atoms with Crippen LogP contribution in [0.4, 0.5) is 9.59 Å². The summed E-state index contributed by atoms with van der Waals surface area (Å²) in [6.07, 6.45) is 7.29. The maximum absolute atomic E-state index is 12.0. The SMILES string of the molecule is CC(C)(C)OC(=O)NC1CCC(CNS(=O)C(C)(C)C)CC1.CC(C)(C)OC(=O)NC1CCC(CNS(=O)C(C)(C)C)CC1. The molecule has 12 heteroatoms. The normalized spacial score (nSPS) is 24.6. The lowest BCUT2D eigenvalue weighted by molar-refractivity contribution is 0.0476. The van der Waals surface area contributed by atoms with Crippen molar-refractivity contribution in [1.29, 1.82) is 0 Å². The first-order chi connectivity index (χ1) is 19.9. The van der Waals surface area contributed by atoms with Gasteiger partial charge in [0.25, 0.3) is 0 Å². The molecule has 0 heterocycles. The van der Waals surface area contributed by atoms with Gasteiger partial charge >= 0.3 is 12.2 Å². The van der Waals surface area contributed by atoms with Gasteiger partial charge < -0.3 is 20.1 Å². The molecule has 0 aromatic carbocycles. The van der Waals surface area contributed by atoms with Crippen LogP contribution in [-0.2, 0) is 31.4 Å². The molecule has 2 rings (SSSR count). The van der Waals surface area contributed by atoms with Crippen molar-refractivity contribution in [2.24, 2.45) is 11.8 Å². The van der Waals surface area contributed by atoms with Gasteiger partial charge in [-0.3, -0.25) is 0 Å². The van der Waals surface area contributed by atoms with Crippen molar-refractivity contribution in [3.63, 3.8) is 0 Å². The summed E-state index contributed by atoms with van der Waals surface area (Å²) in [7, 11) is -2.02. The van der Waals surface area contributed by atoms with Crippen LogP contribution in [0.25, 0.3) is 0 Å². The number of ether oxygens (including phenoxy) is 2. The third-order valence-corrected chi connectivity index (χ3v) is 10.3. The van der Waals surface area contributed by atoms with Gasteiger partial charge in [-0.15, -0.1) is 0 Å². The predicted octanol–water partition coefficient (Wildman–Crippen LogP) is 6.24. The molecule has 0 aromatic rings. The quantitative estimate of drug-likeness (QED) is 0.243. The molecule has 2 saturated carbocycles. The Bertz CT molecular complexity index is 858. The Morgan fingerprint density at radius 1 is 0.545 bits per heavy atom. The van der Waals surface area contributed by atoms with Crippen molar-refractivity contribution in [3.05, 3.63) is 0 Å². The largest absolute Gasteiger partial charge is 0.444 e. The van der Waals surface area contributed by atoms with E-state index in [0.29, 0.717) is 11.8 Å². The van der Waals surface area contributed by atoms with E-state index in [1.807, 2.05) is 83.1 Å². The number of hydrogen-bond acceptors (Lipinski definition) is 6. The summed E-state index contributed by atoms with van der Waals surface area (Å²) in [5.41, 5.74) is -0.912. The van der Waals surface area contributed by atoms with Crippen molar-refractivity contribution in [3.8, 4) is 0 Å². The first-order valence-corrected chi connectivity index (χ1v) is 18.5. The first kappa shape index (κ1) is 40.8. The Kier molecular flexibility index (Phi) is 16.3. The van der Waals surface area contributed by atoms with E-state index in [0.717, 1.165) is 64.5 Å². The van der Waals surface area contributed by atoms with Crippen molar-refractivity contribution < 1.29 is 27.5 Å². The van der Waals surface area contributed by atoms with Gasteiger partial charge in [0.2, 0.25) is 0 Å². The molecular formula is C32H64N4O6S2. The zero-order chi connectivity index (χ0) is 33.9. The van der Waals surface area contributed by atoms with E-state index in [9.17, 15) is 18.0 Å². The molecule has 2 aliphatic rings. The van der Waals surface area contributed by atoms with Crippen LogP contribution in [0.1, 0.15) is 134 Å². The number of hydrogen-bond donors (Lipinski definition) is 4. The van der Waals surface area contributed by atoms with E-state index in [2.05, 4.69) is 20.1 Å². The van der Waals surface area contributed by atoms with Gasteiger partial charge in [-0.2, -0.15) is 0 Å². The van der Waals surface area contributed by atoms with E-state index in [1.54, 1.807) is 0 Å². The highest BCUT2D eigenvalue weighted by Gasteiger charge is 2.28. The van der Waals surface area contributed by atoms with Crippen molar-refractivity contribution >= 4 is 34.2 Å². The van der Waals surface area contributed by atoms with Crippen LogP contribution in [0.2, 0.25) is 0 Å². The van der Waals surface area contributed by atoms with Crippen LogP contribution in [-0.4, -0.2) is 66.5 Å². The van der Waals surface area contributed by atoms with Crippen molar-refractivity contribution in [2.45, 2.75) is 167 Å². The van der Waals surface area contributed by atoms with Crippen LogP contribution < -0.4 is 20.1 Å². The Morgan fingerprint density at radius 3 is 1.05 bits per heavy atom. The molecule has 4 N–H and O–H groups in total. The van der Waals surface area contributed by atoms with Crippen LogP contribution in [0.15, 0.2) is 0 Å². The van der Waals surface area contributed by atoms with E-state index in [4.69, 9.17) is 9.47 Å². The summed E-state index contributed by atoms with van der Waals surface area (Å²) in [5.74, 6) is 1.06. The number of carbonyl (C=O) groups is 2. The lowest BCUT2D eigenvalue weighted by atomic mass is 9.86. The molecule has 2 unspecified atom stereocenters. The number of alkyl carbamates (subject to hydrolysis) is 2. The summed E-state index contributed by atoms with van der Waals surface area (Å²) in [6, 6.07) is 0.387. The average molecular weight is 665 g/mol. The highest BCUT2D eigenvalue weighted by atomic mass is 32.2. The Balaban J connectivity index is 0.000000440. The smallest absolute Gasteiger partial charge is 0.407 e. The Hall–Kier alpha value is -1.24. The number of nitrogens with one attached hydrogen (secondary N) is 4. The van der Waals surface area contributed by atoms with E-state index in [-0.39, 0.29) is 33.8 Å². The monoisotopic (exact) mass is 664 g/mol. The molecule has 2 aliphatic carbocycles. The summed E-state index contributed by atoms with van der Waals surface area (Å²) >= 11 is 0. The Labute approximate surface area is 273 Å². The minimum atomic E-state index is -1.01. The second-order valence-electron chi connectivity index (χ2n) is 16.2. The topological polar surface area (TPSA) is 135 Å². The number of rotatable bonds is 8. The fourth-order valence-electron chi connectivity index (χ4n) is 4.79. The maximum Gasteiger partial charge on any atom is 0.407 e. The van der Waals surface area contributed by atoms with Gasteiger partial charge in [0.15, 0.2) is 0 Å². The average Bonchev–Trinajstić information content (AvgIpc) is 2.84. The fraction of sp³-hybridized carbons (Fsp3) is 0.938. The highest BCUT2D eigenvalue weighted by Crippen LogP contribution is 2.26. The molecule has 0 bridgehead atoms. The molecule has 0 radical (unpaired) electrons. The molecule has 0 spiro atoms. The molecule has 10 nitrogen and oxygen atoms in total. The van der Waals surface area contributed by atoms with Gasteiger partial charge in [0.1, 0.15) is 11.2 Å². The molecule has 0 aliphatic heterocycles. The summed E-state index contributed by atoms with van der Waals surface area (Å²) in [6.45, 7) is 24.6. The van der Waals surface area contributed by atoms with Crippen LogP contribution in [0, 0.1) is 11.8 Å². The van der Waals surface area contributed by atoms with Crippen molar-refractivity contribution in [1.82, 2.24) is 20.1 Å². The van der Waals surface area contributed by atoms with E-state index < -0.39 is 33.2 Å². The third-order valence-electron chi connectivity index (χ3n) is 7.25. The molecule has 2 atom stereocenters. The summed E-state index contributed by atoms with van der Waals surface area (Å²) in [5, 5.41) is 5.89. The summed E-state index contributed by atoms with van der Waals surface area (Å²) < 4.78 is 40.3. The molecule has 0 saturated heterocycles. The van der Waals surface area contributed by atoms with Gasteiger partial charge in [-0.1, -0.05) is 0 Å². The van der Waals surface area contributed by atoms with Crippen LogP contribution >= 0.6 is 0 Å². The van der Waals surface area contributed by atoms with Crippen molar-refractivity contribution in [2.75, 3.05) is 13.1 Å². The third kappa shape index (κ3) is 18.7. The summed E-state index contributed by atoms with van der Waals surface area (Å²) in [4.78, 5) is 23.5. The number of amides is 2. The minimum Gasteiger partial charge on any atom is -0.444 e. The minimum absolute atomic E-state index is 0.194. The second kappa shape index (κ2) is 17.6. The standard InChI is InChI=1S/2C16H32N2O3S/c2*1-15(2,3)21-14(19)18-13-9-7-12(8-10-13)11-17-22(20)16(4,5)6/h2*12-13,17H,7-11H2,1-6H3,(H,18,19).